The maximum absolute atomic E-state index is 11.6. The molecule has 0 aliphatic rings. The van der Waals surface area contributed by atoms with Crippen molar-refractivity contribution in [2.75, 3.05) is 13.2 Å². The average Bonchev–Trinajstić information content (AvgIpc) is 2.48. The molecule has 0 heterocycles. The summed E-state index contributed by atoms with van der Waals surface area (Å²) in [5.41, 5.74) is 0.989. The van der Waals surface area contributed by atoms with Crippen LogP contribution >= 0.6 is 0 Å². The normalized spacial score (nSPS) is 13.5. The molecule has 1 aromatic rings. The van der Waals surface area contributed by atoms with Gasteiger partial charge in [-0.2, -0.15) is 8.42 Å². The summed E-state index contributed by atoms with van der Waals surface area (Å²) < 4.78 is 34.2. The average molecular weight is 366 g/mol. The van der Waals surface area contributed by atoms with E-state index in [1.54, 1.807) is 32.9 Å². The fraction of sp³-hybridized carbons (Fsp3) is 0.647. The zero-order chi connectivity index (χ0) is 19.9. The number of rotatable bonds is 7. The first-order valence-corrected chi connectivity index (χ1v) is 9.23. The SMILES string of the molecule is CC(O)CCO.Cc1ccc(S(=O)(=O)OCCC(C)O)cc1.[2H]CC. The molecule has 3 N–H and O–H groups in total. The molecule has 0 saturated heterocycles. The summed E-state index contributed by atoms with van der Waals surface area (Å²) >= 11 is 0. The number of aryl methyl sites for hydroxylation is 1. The van der Waals surface area contributed by atoms with Crippen molar-refractivity contribution < 1.29 is 29.3 Å². The second-order valence-corrected chi connectivity index (χ2v) is 6.70. The van der Waals surface area contributed by atoms with Gasteiger partial charge in [-0.1, -0.05) is 31.5 Å². The van der Waals surface area contributed by atoms with Crippen LogP contribution in [-0.4, -0.2) is 49.2 Å². The lowest BCUT2D eigenvalue weighted by Gasteiger charge is -2.07. The van der Waals surface area contributed by atoms with Gasteiger partial charge in [0.15, 0.2) is 0 Å². The smallest absolute Gasteiger partial charge is 0.296 e. The molecule has 1 aromatic carbocycles. The van der Waals surface area contributed by atoms with Crippen LogP contribution in [0.25, 0.3) is 0 Å². The second kappa shape index (κ2) is 14.4. The van der Waals surface area contributed by atoms with E-state index in [0.29, 0.717) is 19.7 Å². The molecule has 6 nitrogen and oxygen atoms in total. The Hall–Kier alpha value is -0.990. The van der Waals surface area contributed by atoms with E-state index in [4.69, 9.17) is 20.9 Å². The minimum absolute atomic E-state index is 0.00607. The minimum Gasteiger partial charge on any atom is -0.396 e. The van der Waals surface area contributed by atoms with Gasteiger partial charge in [0.2, 0.25) is 0 Å². The molecule has 0 fully saturated rings. The van der Waals surface area contributed by atoms with Crippen molar-refractivity contribution in [3.8, 4) is 0 Å². The van der Waals surface area contributed by atoms with Crippen molar-refractivity contribution in [2.45, 2.75) is 64.5 Å². The molecule has 142 valence electrons. The lowest BCUT2D eigenvalue weighted by Crippen LogP contribution is -2.11. The van der Waals surface area contributed by atoms with E-state index < -0.39 is 16.2 Å². The van der Waals surface area contributed by atoms with Gasteiger partial charge < -0.3 is 15.3 Å². The molecule has 2 unspecified atom stereocenters. The molecule has 0 aliphatic heterocycles. The molecule has 0 aliphatic carbocycles. The van der Waals surface area contributed by atoms with Crippen LogP contribution < -0.4 is 0 Å². The number of aliphatic hydroxyl groups is 3. The topological polar surface area (TPSA) is 104 Å². The van der Waals surface area contributed by atoms with E-state index in [2.05, 4.69) is 0 Å². The highest BCUT2D eigenvalue weighted by Gasteiger charge is 2.14. The van der Waals surface area contributed by atoms with E-state index in [1.807, 2.05) is 6.92 Å². The van der Waals surface area contributed by atoms with Crippen LogP contribution in [0, 0.1) is 6.92 Å². The molecule has 0 saturated carbocycles. The third-order valence-corrected chi connectivity index (χ3v) is 3.96. The Morgan fingerprint density at radius 2 is 1.58 bits per heavy atom. The van der Waals surface area contributed by atoms with Gasteiger partial charge in [-0.05, 0) is 45.7 Å². The standard InChI is InChI=1S/C11H16O4S.C4H10O2.C2H6/c1-9-3-5-11(6-4-9)16(13,14)15-8-7-10(2)12;1-4(6)2-3-5;1-2/h3-6,10,12H,7-8H2,1-2H3;4-6H,2-3H2,1H3;1-2H3/i;;1D. The van der Waals surface area contributed by atoms with Gasteiger partial charge in [0.1, 0.15) is 0 Å². The second-order valence-electron chi connectivity index (χ2n) is 5.09. The first-order valence-electron chi connectivity index (χ1n) is 8.53. The monoisotopic (exact) mass is 365 g/mol. The van der Waals surface area contributed by atoms with Crippen LogP contribution in [0.3, 0.4) is 0 Å². The minimum atomic E-state index is -3.68. The summed E-state index contributed by atoms with van der Waals surface area (Å²) in [6.45, 7) is 7.48. The fourth-order valence-corrected chi connectivity index (χ4v) is 2.21. The summed E-state index contributed by atoms with van der Waals surface area (Å²) in [6, 6.07) is 6.44. The van der Waals surface area contributed by atoms with E-state index in [0.717, 1.165) is 5.56 Å². The van der Waals surface area contributed by atoms with Crippen molar-refractivity contribution in [3.63, 3.8) is 0 Å². The van der Waals surface area contributed by atoms with Gasteiger partial charge in [0, 0.05) is 7.98 Å². The van der Waals surface area contributed by atoms with Crippen molar-refractivity contribution in [1.82, 2.24) is 0 Å². The van der Waals surface area contributed by atoms with Gasteiger partial charge in [-0.3, -0.25) is 4.18 Å². The van der Waals surface area contributed by atoms with Gasteiger partial charge >= 0.3 is 0 Å². The molecule has 0 bridgehead atoms. The quantitative estimate of drug-likeness (QED) is 0.640. The molecular formula is C17H32O6S. The van der Waals surface area contributed by atoms with Crippen molar-refractivity contribution in [1.29, 1.82) is 0 Å². The van der Waals surface area contributed by atoms with Crippen LogP contribution in [0.15, 0.2) is 29.2 Å². The number of hydrogen-bond acceptors (Lipinski definition) is 6. The lowest BCUT2D eigenvalue weighted by molar-refractivity contribution is 0.148. The molecule has 2 atom stereocenters. The van der Waals surface area contributed by atoms with Crippen LogP contribution in [0.5, 0.6) is 0 Å². The Morgan fingerprint density at radius 1 is 1.12 bits per heavy atom. The Morgan fingerprint density at radius 3 is 1.92 bits per heavy atom. The van der Waals surface area contributed by atoms with Crippen LogP contribution in [-0.2, 0) is 14.3 Å². The zero-order valence-corrected chi connectivity index (χ0v) is 15.8. The van der Waals surface area contributed by atoms with E-state index >= 15 is 0 Å². The van der Waals surface area contributed by atoms with Gasteiger partial charge in [-0.25, -0.2) is 0 Å². The van der Waals surface area contributed by atoms with Crippen molar-refractivity contribution in [2.24, 2.45) is 0 Å². The predicted molar refractivity (Wildman–Crippen MR) is 95.3 cm³/mol. The molecule has 0 amide bonds. The predicted octanol–water partition coefficient (Wildman–Crippen LogP) is 2.25. The van der Waals surface area contributed by atoms with E-state index in [-0.39, 0.29) is 24.2 Å². The highest BCUT2D eigenvalue weighted by molar-refractivity contribution is 7.86. The molecular weight excluding hydrogens is 332 g/mol. The number of benzene rings is 1. The Labute approximate surface area is 147 Å². The lowest BCUT2D eigenvalue weighted by atomic mass is 10.2. The number of aliphatic hydroxyl groups excluding tert-OH is 3. The Balaban J connectivity index is 0. The van der Waals surface area contributed by atoms with E-state index in [1.165, 1.54) is 12.1 Å². The third-order valence-electron chi connectivity index (χ3n) is 2.63. The van der Waals surface area contributed by atoms with Crippen LogP contribution in [0.1, 0.15) is 47.4 Å². The summed E-state index contributed by atoms with van der Waals surface area (Å²) in [5, 5.41) is 25.5. The fourth-order valence-electron chi connectivity index (χ4n) is 1.29. The number of hydrogen-bond donors (Lipinski definition) is 3. The van der Waals surface area contributed by atoms with Crippen LogP contribution in [0.2, 0.25) is 0 Å². The van der Waals surface area contributed by atoms with Crippen molar-refractivity contribution in [3.05, 3.63) is 29.8 Å². The van der Waals surface area contributed by atoms with E-state index in [9.17, 15) is 8.42 Å². The van der Waals surface area contributed by atoms with Crippen molar-refractivity contribution >= 4 is 10.1 Å². The first kappa shape index (κ1) is 23.0. The maximum atomic E-state index is 11.6. The molecule has 0 spiro atoms. The largest absolute Gasteiger partial charge is 0.396 e. The maximum Gasteiger partial charge on any atom is 0.296 e. The Bertz CT molecular complexity index is 514. The van der Waals surface area contributed by atoms with Gasteiger partial charge in [0.25, 0.3) is 10.1 Å². The molecule has 24 heavy (non-hydrogen) atoms. The molecule has 0 aromatic heterocycles. The molecule has 1 rings (SSSR count). The summed E-state index contributed by atoms with van der Waals surface area (Å²) in [4.78, 5) is 0.142. The highest BCUT2D eigenvalue weighted by atomic mass is 32.2. The summed E-state index contributed by atoms with van der Waals surface area (Å²) in [6.07, 6.45) is -0.131. The van der Waals surface area contributed by atoms with Crippen LogP contribution in [0.4, 0.5) is 0 Å². The summed E-state index contributed by atoms with van der Waals surface area (Å²) in [5.74, 6) is 0. The highest BCUT2D eigenvalue weighted by Crippen LogP contribution is 2.13. The van der Waals surface area contributed by atoms with Gasteiger partial charge in [0.05, 0.1) is 23.7 Å². The van der Waals surface area contributed by atoms with Gasteiger partial charge in [-0.15, -0.1) is 0 Å². The third kappa shape index (κ3) is 13.4. The Kier molecular flexibility index (Phi) is 13.8. The molecule has 7 heteroatoms. The zero-order valence-electron chi connectivity index (χ0n) is 16.0. The first-order chi connectivity index (χ1) is 11.6. The molecule has 0 radical (unpaired) electrons. The summed E-state index contributed by atoms with van der Waals surface area (Å²) in [7, 11) is -3.68.